The Labute approximate surface area is 167 Å². The lowest BCUT2D eigenvalue weighted by Crippen LogP contribution is -2.35. The molecule has 1 aliphatic heterocycles. The number of nitrogens with zero attached hydrogens (tertiary/aromatic N) is 3. The zero-order valence-electron chi connectivity index (χ0n) is 16.7. The average molecular weight is 373 g/mol. The molecule has 1 aromatic heterocycles. The summed E-state index contributed by atoms with van der Waals surface area (Å²) >= 11 is 0. The van der Waals surface area contributed by atoms with Gasteiger partial charge in [0.1, 0.15) is 5.82 Å². The highest BCUT2D eigenvalue weighted by molar-refractivity contribution is 5.59. The quantitative estimate of drug-likeness (QED) is 0.660. The molecule has 0 saturated carbocycles. The van der Waals surface area contributed by atoms with Crippen LogP contribution in [0.1, 0.15) is 29.7 Å². The van der Waals surface area contributed by atoms with E-state index in [0.29, 0.717) is 5.95 Å². The van der Waals surface area contributed by atoms with E-state index in [1.165, 1.54) is 30.4 Å². The molecule has 1 N–H and O–H groups in total. The third kappa shape index (κ3) is 4.50. The van der Waals surface area contributed by atoms with Gasteiger partial charge in [0.15, 0.2) is 0 Å². The molecule has 2 aromatic carbocycles. The monoisotopic (exact) mass is 372 g/mol. The van der Waals surface area contributed by atoms with Gasteiger partial charge in [0.2, 0.25) is 5.95 Å². The molecule has 0 bridgehead atoms. The lowest BCUT2D eigenvalue weighted by atomic mass is 9.90. The molecule has 144 valence electrons. The Hall–Kier alpha value is -2.88. The van der Waals surface area contributed by atoms with E-state index in [9.17, 15) is 0 Å². The highest BCUT2D eigenvalue weighted by Gasteiger charge is 2.21. The number of benzene rings is 2. The summed E-state index contributed by atoms with van der Waals surface area (Å²) in [5.74, 6) is 2.46. The fourth-order valence-electron chi connectivity index (χ4n) is 3.92. The van der Waals surface area contributed by atoms with Crippen molar-refractivity contribution in [3.63, 3.8) is 0 Å². The van der Waals surface area contributed by atoms with Crippen LogP contribution in [0.4, 0.5) is 17.5 Å². The predicted molar refractivity (Wildman–Crippen MR) is 116 cm³/mol. The van der Waals surface area contributed by atoms with Gasteiger partial charge in [-0.3, -0.25) is 0 Å². The van der Waals surface area contributed by atoms with E-state index >= 15 is 0 Å². The van der Waals surface area contributed by atoms with Crippen LogP contribution in [-0.2, 0) is 6.42 Å². The molecule has 1 fully saturated rings. The van der Waals surface area contributed by atoms with Gasteiger partial charge in [0, 0.05) is 30.5 Å². The number of nitrogens with one attached hydrogen (secondary N) is 1. The van der Waals surface area contributed by atoms with Gasteiger partial charge in [-0.2, -0.15) is 4.98 Å². The minimum atomic E-state index is 0.677. The van der Waals surface area contributed by atoms with Gasteiger partial charge in [-0.15, -0.1) is 0 Å². The van der Waals surface area contributed by atoms with Crippen molar-refractivity contribution in [3.8, 4) is 0 Å². The molecule has 1 aliphatic rings. The Balaban J connectivity index is 1.42. The maximum Gasteiger partial charge on any atom is 0.229 e. The van der Waals surface area contributed by atoms with Crippen LogP contribution in [0.25, 0.3) is 0 Å². The Kier molecular flexibility index (Phi) is 5.56. The topological polar surface area (TPSA) is 41.1 Å². The fourth-order valence-corrected chi connectivity index (χ4v) is 3.92. The third-order valence-electron chi connectivity index (χ3n) is 5.54. The van der Waals surface area contributed by atoms with Gasteiger partial charge in [-0.25, -0.2) is 4.98 Å². The summed E-state index contributed by atoms with van der Waals surface area (Å²) in [7, 11) is 0. The summed E-state index contributed by atoms with van der Waals surface area (Å²) in [6.45, 7) is 6.24. The maximum absolute atomic E-state index is 4.81. The minimum Gasteiger partial charge on any atom is -0.356 e. The van der Waals surface area contributed by atoms with Gasteiger partial charge < -0.3 is 10.2 Å². The lowest BCUT2D eigenvalue weighted by molar-refractivity contribution is 0.402. The zero-order chi connectivity index (χ0) is 19.3. The third-order valence-corrected chi connectivity index (χ3v) is 5.54. The molecule has 1 saturated heterocycles. The summed E-state index contributed by atoms with van der Waals surface area (Å²) < 4.78 is 0. The molecule has 0 unspecified atom stereocenters. The van der Waals surface area contributed by atoms with Crippen molar-refractivity contribution in [2.24, 2.45) is 5.92 Å². The molecule has 4 heteroatoms. The van der Waals surface area contributed by atoms with E-state index in [-0.39, 0.29) is 0 Å². The summed E-state index contributed by atoms with van der Waals surface area (Å²) in [5.41, 5.74) is 4.69. The fraction of sp³-hybridized carbons (Fsp3) is 0.333. The number of rotatable bonds is 5. The van der Waals surface area contributed by atoms with E-state index in [1.54, 1.807) is 0 Å². The molecule has 4 rings (SSSR count). The van der Waals surface area contributed by atoms with Crippen LogP contribution in [0, 0.1) is 19.8 Å². The van der Waals surface area contributed by atoms with Crippen LogP contribution >= 0.6 is 0 Å². The number of aromatic nitrogens is 2. The molecule has 0 spiro atoms. The average Bonchev–Trinajstić information content (AvgIpc) is 2.71. The summed E-state index contributed by atoms with van der Waals surface area (Å²) in [6, 6.07) is 21.2. The highest BCUT2D eigenvalue weighted by Crippen LogP contribution is 2.26. The Morgan fingerprint density at radius 1 is 0.929 bits per heavy atom. The molecule has 0 aliphatic carbocycles. The summed E-state index contributed by atoms with van der Waals surface area (Å²) in [6.07, 6.45) is 3.59. The number of anilines is 3. The second kappa shape index (κ2) is 8.42. The molecule has 2 heterocycles. The predicted octanol–water partition coefficient (Wildman–Crippen LogP) is 5.30. The molecule has 4 nitrogen and oxygen atoms in total. The van der Waals surface area contributed by atoms with Crippen molar-refractivity contribution < 1.29 is 0 Å². The standard InChI is InChI=1S/C24H28N4/c1-18-8-6-7-11-22(18)26-24-25-19(2)16-23(27-24)28-14-12-21(13-15-28)17-20-9-4-3-5-10-20/h3-11,16,21H,12-15,17H2,1-2H3,(H,25,26,27). The number of para-hydroxylation sites is 1. The normalized spacial score (nSPS) is 14.9. The van der Waals surface area contributed by atoms with E-state index in [0.717, 1.165) is 36.2 Å². The summed E-state index contributed by atoms with van der Waals surface area (Å²) in [4.78, 5) is 11.8. The van der Waals surface area contributed by atoms with Gasteiger partial charge in [0.25, 0.3) is 0 Å². The first-order valence-corrected chi connectivity index (χ1v) is 10.1. The molecule has 0 radical (unpaired) electrons. The lowest BCUT2D eigenvalue weighted by Gasteiger charge is -2.33. The smallest absolute Gasteiger partial charge is 0.229 e. The van der Waals surface area contributed by atoms with Crippen molar-refractivity contribution in [3.05, 3.63) is 77.5 Å². The van der Waals surface area contributed by atoms with Crippen LogP contribution < -0.4 is 10.2 Å². The Morgan fingerprint density at radius 3 is 2.39 bits per heavy atom. The molecule has 0 amide bonds. The molecule has 28 heavy (non-hydrogen) atoms. The molecular formula is C24H28N4. The minimum absolute atomic E-state index is 0.677. The highest BCUT2D eigenvalue weighted by atomic mass is 15.2. The number of aryl methyl sites for hydroxylation is 2. The van der Waals surface area contributed by atoms with Crippen LogP contribution in [0.2, 0.25) is 0 Å². The van der Waals surface area contributed by atoms with Crippen LogP contribution in [0.15, 0.2) is 60.7 Å². The first-order chi connectivity index (χ1) is 13.7. The van der Waals surface area contributed by atoms with Gasteiger partial charge >= 0.3 is 0 Å². The second-order valence-corrected chi connectivity index (χ2v) is 7.75. The van der Waals surface area contributed by atoms with E-state index in [4.69, 9.17) is 4.98 Å². The van der Waals surface area contributed by atoms with Crippen molar-refractivity contribution >= 4 is 17.5 Å². The first kappa shape index (κ1) is 18.5. The van der Waals surface area contributed by atoms with E-state index in [1.807, 2.05) is 19.1 Å². The van der Waals surface area contributed by atoms with Crippen molar-refractivity contribution in [2.75, 3.05) is 23.3 Å². The van der Waals surface area contributed by atoms with Crippen molar-refractivity contribution in [1.82, 2.24) is 9.97 Å². The Morgan fingerprint density at radius 2 is 1.64 bits per heavy atom. The zero-order valence-corrected chi connectivity index (χ0v) is 16.7. The van der Waals surface area contributed by atoms with Gasteiger partial charge in [0.05, 0.1) is 0 Å². The van der Waals surface area contributed by atoms with Gasteiger partial charge in [-0.05, 0) is 56.2 Å². The van der Waals surface area contributed by atoms with Crippen molar-refractivity contribution in [1.29, 1.82) is 0 Å². The molecule has 0 atom stereocenters. The van der Waals surface area contributed by atoms with Gasteiger partial charge in [-0.1, -0.05) is 48.5 Å². The second-order valence-electron chi connectivity index (χ2n) is 7.75. The largest absolute Gasteiger partial charge is 0.356 e. The van der Waals surface area contributed by atoms with Crippen LogP contribution in [0.5, 0.6) is 0 Å². The van der Waals surface area contributed by atoms with Crippen molar-refractivity contribution in [2.45, 2.75) is 33.1 Å². The SMILES string of the molecule is Cc1cc(N2CCC(Cc3ccccc3)CC2)nc(Nc2ccccc2C)n1. The number of hydrogen-bond acceptors (Lipinski definition) is 4. The molecular weight excluding hydrogens is 344 g/mol. The number of hydrogen-bond donors (Lipinski definition) is 1. The molecule has 3 aromatic rings. The Bertz CT molecular complexity index is 915. The van der Waals surface area contributed by atoms with E-state index in [2.05, 4.69) is 70.7 Å². The van der Waals surface area contributed by atoms with Crippen LogP contribution in [-0.4, -0.2) is 23.1 Å². The van der Waals surface area contributed by atoms with Crippen LogP contribution in [0.3, 0.4) is 0 Å². The number of piperidine rings is 1. The maximum atomic E-state index is 4.81. The van der Waals surface area contributed by atoms with E-state index < -0.39 is 0 Å². The first-order valence-electron chi connectivity index (χ1n) is 10.1. The summed E-state index contributed by atoms with van der Waals surface area (Å²) in [5, 5.41) is 3.39.